The Morgan fingerprint density at radius 2 is 1.74 bits per heavy atom. The normalized spacial score (nSPS) is 18.0. The van der Waals surface area contributed by atoms with Crippen LogP contribution in [0.5, 0.6) is 5.75 Å². The van der Waals surface area contributed by atoms with Crippen LogP contribution in [0.3, 0.4) is 0 Å². The van der Waals surface area contributed by atoms with Crippen LogP contribution in [0.25, 0.3) is 5.76 Å². The minimum atomic E-state index is -0.905. The fraction of sp³-hybridized carbons (Fsp3) is 0.273. The predicted octanol–water partition coefficient (Wildman–Crippen LogP) is 4.60. The maximum absolute atomic E-state index is 13.5. The molecule has 2 aromatic rings. The molecule has 1 atom stereocenters. The number of aliphatic hydroxyl groups excluding tert-OH is 1. The van der Waals surface area contributed by atoms with Gasteiger partial charge in [0.15, 0.2) is 5.75 Å². The van der Waals surface area contributed by atoms with Gasteiger partial charge in [-0.2, -0.15) is 0 Å². The average molecular weight is 468 g/mol. The summed E-state index contributed by atoms with van der Waals surface area (Å²) in [5, 5.41) is 11.3. The number of nitrogens with zero attached hydrogens (tertiary/aromatic N) is 1. The molecule has 1 aliphatic heterocycles. The molecule has 1 amide bonds. The highest BCUT2D eigenvalue weighted by Gasteiger charge is 2.45. The second-order valence-electron chi connectivity index (χ2n) is 6.86. The molecule has 0 bridgehead atoms. The Hall–Kier alpha value is -2.61. The number of ether oxygens (including phenoxy) is 2. The summed E-state index contributed by atoms with van der Waals surface area (Å²) in [4.78, 5) is 27.0. The standard InChI is InChI=1S/C22H20Cl2FNO5/c1-30-9-3-8-26-18(12-4-6-14(25)7-5-12)17(20(28)22(26)29)19(27)13-10-15(23)21(31-2)16(24)11-13/h4-7,10-11,18,27H,3,8-9H2,1-2H3/b19-17+. The van der Waals surface area contributed by atoms with E-state index in [0.717, 1.165) is 0 Å². The Balaban J connectivity index is 2.16. The third-order valence-corrected chi connectivity index (χ3v) is 5.51. The minimum Gasteiger partial charge on any atom is -0.507 e. The molecular weight excluding hydrogens is 448 g/mol. The molecule has 164 valence electrons. The number of hydrogen-bond donors (Lipinski definition) is 1. The third kappa shape index (κ3) is 4.54. The van der Waals surface area contributed by atoms with Gasteiger partial charge >= 0.3 is 0 Å². The SMILES string of the molecule is COCCCN1C(=O)C(=O)/C(=C(/O)c2cc(Cl)c(OC)c(Cl)c2)C1c1ccc(F)cc1. The van der Waals surface area contributed by atoms with E-state index in [4.69, 9.17) is 32.7 Å². The number of benzene rings is 2. The average Bonchev–Trinajstić information content (AvgIpc) is 2.98. The first-order chi connectivity index (χ1) is 14.8. The highest BCUT2D eigenvalue weighted by molar-refractivity contribution is 6.46. The zero-order chi connectivity index (χ0) is 22.7. The van der Waals surface area contributed by atoms with E-state index in [1.54, 1.807) is 0 Å². The van der Waals surface area contributed by atoms with E-state index in [0.29, 0.717) is 18.6 Å². The van der Waals surface area contributed by atoms with Crippen molar-refractivity contribution in [3.63, 3.8) is 0 Å². The summed E-state index contributed by atoms with van der Waals surface area (Å²) in [7, 11) is 2.93. The lowest BCUT2D eigenvalue weighted by Gasteiger charge is -2.25. The van der Waals surface area contributed by atoms with Gasteiger partial charge in [-0.15, -0.1) is 0 Å². The van der Waals surface area contributed by atoms with Crippen LogP contribution >= 0.6 is 23.2 Å². The lowest BCUT2D eigenvalue weighted by atomic mass is 9.95. The molecule has 1 unspecified atom stereocenters. The molecule has 9 heteroatoms. The van der Waals surface area contributed by atoms with Crippen LogP contribution in [-0.4, -0.2) is 49.1 Å². The summed E-state index contributed by atoms with van der Waals surface area (Å²) < 4.78 is 23.6. The number of rotatable bonds is 7. The molecular formula is C22H20Cl2FNO5. The van der Waals surface area contributed by atoms with E-state index >= 15 is 0 Å². The molecule has 0 radical (unpaired) electrons. The molecule has 0 aliphatic carbocycles. The van der Waals surface area contributed by atoms with Crippen molar-refractivity contribution in [3.8, 4) is 5.75 Å². The highest BCUT2D eigenvalue weighted by atomic mass is 35.5. The number of Topliss-reactive ketones (excluding diaryl/α,β-unsaturated/α-hetero) is 1. The van der Waals surface area contributed by atoms with Gasteiger partial charge in [0.2, 0.25) is 0 Å². The summed E-state index contributed by atoms with van der Waals surface area (Å²) in [5.74, 6) is -2.30. The summed E-state index contributed by atoms with van der Waals surface area (Å²) >= 11 is 12.3. The Morgan fingerprint density at radius 3 is 2.29 bits per heavy atom. The van der Waals surface area contributed by atoms with Crippen molar-refractivity contribution in [2.24, 2.45) is 0 Å². The summed E-state index contributed by atoms with van der Waals surface area (Å²) in [6.07, 6.45) is 0.474. The van der Waals surface area contributed by atoms with Gasteiger partial charge in [-0.25, -0.2) is 4.39 Å². The van der Waals surface area contributed by atoms with Crippen molar-refractivity contribution in [1.29, 1.82) is 0 Å². The summed E-state index contributed by atoms with van der Waals surface area (Å²) in [6.45, 7) is 0.587. The van der Waals surface area contributed by atoms with Crippen LogP contribution < -0.4 is 4.74 Å². The molecule has 1 aliphatic rings. The first kappa shape index (κ1) is 23.1. The number of likely N-dealkylation sites (tertiary alicyclic amines) is 1. The van der Waals surface area contributed by atoms with Gasteiger partial charge in [-0.05, 0) is 36.2 Å². The lowest BCUT2D eigenvalue weighted by Crippen LogP contribution is -2.31. The molecule has 1 saturated heterocycles. The number of hydrogen-bond acceptors (Lipinski definition) is 5. The first-order valence-corrected chi connectivity index (χ1v) is 10.1. The van der Waals surface area contributed by atoms with Gasteiger partial charge in [-0.3, -0.25) is 9.59 Å². The minimum absolute atomic E-state index is 0.129. The van der Waals surface area contributed by atoms with E-state index < -0.39 is 29.3 Å². The Labute approximate surface area is 188 Å². The topological polar surface area (TPSA) is 76.1 Å². The molecule has 1 fully saturated rings. The van der Waals surface area contributed by atoms with Crippen molar-refractivity contribution in [1.82, 2.24) is 4.90 Å². The second-order valence-corrected chi connectivity index (χ2v) is 7.68. The van der Waals surface area contributed by atoms with Crippen molar-refractivity contribution in [2.75, 3.05) is 27.4 Å². The molecule has 0 saturated carbocycles. The van der Waals surface area contributed by atoms with Crippen molar-refractivity contribution >= 4 is 40.7 Å². The van der Waals surface area contributed by atoms with Crippen LogP contribution in [0.1, 0.15) is 23.6 Å². The van der Waals surface area contributed by atoms with Crippen LogP contribution in [0.15, 0.2) is 42.0 Å². The number of halogens is 3. The van der Waals surface area contributed by atoms with Crippen molar-refractivity contribution in [3.05, 3.63) is 69.0 Å². The number of amides is 1. The van der Waals surface area contributed by atoms with Gasteiger partial charge in [-0.1, -0.05) is 35.3 Å². The maximum atomic E-state index is 13.5. The summed E-state index contributed by atoms with van der Waals surface area (Å²) in [5.41, 5.74) is 0.495. The molecule has 31 heavy (non-hydrogen) atoms. The molecule has 1 heterocycles. The number of aliphatic hydroxyl groups is 1. The van der Waals surface area contributed by atoms with Gasteiger partial charge < -0.3 is 19.5 Å². The van der Waals surface area contributed by atoms with Gasteiger partial charge in [0.25, 0.3) is 11.7 Å². The fourth-order valence-electron chi connectivity index (χ4n) is 3.53. The number of ketones is 1. The largest absolute Gasteiger partial charge is 0.507 e. The molecule has 0 spiro atoms. The monoisotopic (exact) mass is 467 g/mol. The van der Waals surface area contributed by atoms with Crippen molar-refractivity contribution in [2.45, 2.75) is 12.5 Å². The number of methoxy groups -OCH3 is 2. The smallest absolute Gasteiger partial charge is 0.295 e. The quantitative estimate of drug-likeness (QED) is 0.278. The zero-order valence-corrected chi connectivity index (χ0v) is 18.3. The molecule has 1 N–H and O–H groups in total. The van der Waals surface area contributed by atoms with Gasteiger partial charge in [0.1, 0.15) is 11.6 Å². The number of carbonyl (C=O) groups excluding carboxylic acids is 2. The van der Waals surface area contributed by atoms with Crippen LogP contribution in [0.4, 0.5) is 4.39 Å². The van der Waals surface area contributed by atoms with E-state index in [-0.39, 0.29) is 33.5 Å². The molecule has 3 rings (SSSR count). The van der Waals surface area contributed by atoms with Gasteiger partial charge in [0, 0.05) is 25.8 Å². The molecule has 6 nitrogen and oxygen atoms in total. The highest BCUT2D eigenvalue weighted by Crippen LogP contribution is 2.42. The first-order valence-electron chi connectivity index (χ1n) is 9.36. The third-order valence-electron chi connectivity index (χ3n) is 4.95. The predicted molar refractivity (Wildman–Crippen MR) is 115 cm³/mol. The van der Waals surface area contributed by atoms with Crippen LogP contribution in [0.2, 0.25) is 10.0 Å². The van der Waals surface area contributed by atoms with E-state index in [1.165, 1.54) is 55.5 Å². The second kappa shape index (κ2) is 9.68. The fourth-order valence-corrected chi connectivity index (χ4v) is 4.17. The van der Waals surface area contributed by atoms with E-state index in [2.05, 4.69) is 0 Å². The van der Waals surface area contributed by atoms with Crippen molar-refractivity contribution < 1.29 is 28.6 Å². The van der Waals surface area contributed by atoms with Crippen LogP contribution in [-0.2, 0) is 14.3 Å². The van der Waals surface area contributed by atoms with E-state index in [1.807, 2.05) is 0 Å². The van der Waals surface area contributed by atoms with E-state index in [9.17, 15) is 19.1 Å². The molecule has 0 aromatic heterocycles. The number of carbonyl (C=O) groups is 2. The maximum Gasteiger partial charge on any atom is 0.295 e. The zero-order valence-electron chi connectivity index (χ0n) is 16.8. The Bertz CT molecular complexity index is 1020. The lowest BCUT2D eigenvalue weighted by molar-refractivity contribution is -0.140. The van der Waals surface area contributed by atoms with Crippen LogP contribution in [0, 0.1) is 5.82 Å². The van der Waals surface area contributed by atoms with Gasteiger partial charge in [0.05, 0.1) is 28.8 Å². The Kier molecular flexibility index (Phi) is 7.20. The summed E-state index contributed by atoms with van der Waals surface area (Å²) in [6, 6.07) is 7.27. The molecule has 2 aromatic carbocycles. The Morgan fingerprint density at radius 1 is 1.13 bits per heavy atom.